The molecule has 2 nitrogen and oxygen atoms in total. The van der Waals surface area contributed by atoms with Crippen LogP contribution in [0.5, 0.6) is 0 Å². The number of hydrogen-bond acceptors (Lipinski definition) is 2. The van der Waals surface area contributed by atoms with Gasteiger partial charge < -0.3 is 4.90 Å². The quantitative estimate of drug-likeness (QED) is 0.687. The molecule has 0 bridgehead atoms. The van der Waals surface area contributed by atoms with Crippen molar-refractivity contribution in [1.82, 2.24) is 4.90 Å². The summed E-state index contributed by atoms with van der Waals surface area (Å²) in [6.07, 6.45) is 5.81. The van der Waals surface area contributed by atoms with Crippen molar-refractivity contribution >= 4 is 5.78 Å². The lowest BCUT2D eigenvalue weighted by molar-refractivity contribution is -0.129. The number of piperidine rings is 1. The Hall–Kier alpha value is -0.370. The molecule has 0 amide bonds. The zero-order valence-electron chi connectivity index (χ0n) is 9.17. The Morgan fingerprint density at radius 3 is 2.50 bits per heavy atom. The Morgan fingerprint density at radius 2 is 2.00 bits per heavy atom. The molecule has 2 heteroatoms. The van der Waals surface area contributed by atoms with Gasteiger partial charge in [0.05, 0.1) is 0 Å². The Labute approximate surface area is 86.7 Å². The van der Waals surface area contributed by atoms with Crippen LogP contribution < -0.4 is 0 Å². The van der Waals surface area contributed by atoms with E-state index in [1.54, 1.807) is 0 Å². The predicted octanol–water partition coefficient (Wildman–Crippen LogP) is 2.09. The van der Waals surface area contributed by atoms with Gasteiger partial charge >= 0.3 is 0 Å². The second-order valence-corrected chi connectivity index (χ2v) is 5.01. The largest absolute Gasteiger partial charge is 0.303 e. The molecule has 1 aliphatic carbocycles. The summed E-state index contributed by atoms with van der Waals surface area (Å²) >= 11 is 0. The van der Waals surface area contributed by atoms with Crippen molar-refractivity contribution in [2.24, 2.45) is 11.8 Å². The third-order valence-corrected chi connectivity index (χ3v) is 3.86. The number of rotatable bonds is 3. The number of ketones is 1. The number of Topliss-reactive ketones (excluding diaryl/α,β-unsaturated/α-hetero) is 1. The van der Waals surface area contributed by atoms with Gasteiger partial charge in [-0.1, -0.05) is 6.92 Å². The summed E-state index contributed by atoms with van der Waals surface area (Å²) in [6, 6.07) is 0. The molecule has 1 aliphatic heterocycles. The summed E-state index contributed by atoms with van der Waals surface area (Å²) in [5.41, 5.74) is 0. The van der Waals surface area contributed by atoms with Gasteiger partial charge in [-0.3, -0.25) is 4.79 Å². The van der Waals surface area contributed by atoms with Crippen LogP contribution in [0.15, 0.2) is 0 Å². The average molecular weight is 195 g/mol. The van der Waals surface area contributed by atoms with E-state index in [1.165, 1.54) is 25.9 Å². The fraction of sp³-hybridized carbons (Fsp3) is 0.917. The van der Waals surface area contributed by atoms with Crippen LogP contribution >= 0.6 is 0 Å². The summed E-state index contributed by atoms with van der Waals surface area (Å²) in [4.78, 5) is 13.7. The molecular weight excluding hydrogens is 174 g/mol. The number of nitrogens with zero attached hydrogens (tertiary/aromatic N) is 1. The average Bonchev–Trinajstić information content (AvgIpc) is 2.19. The van der Waals surface area contributed by atoms with Gasteiger partial charge in [-0.2, -0.15) is 0 Å². The molecule has 0 radical (unpaired) electrons. The van der Waals surface area contributed by atoms with Crippen LogP contribution in [0.1, 0.15) is 39.0 Å². The first-order chi connectivity index (χ1) is 6.75. The maximum absolute atomic E-state index is 11.1. The van der Waals surface area contributed by atoms with Crippen LogP contribution in [-0.2, 0) is 4.79 Å². The molecule has 1 saturated heterocycles. The van der Waals surface area contributed by atoms with Crippen molar-refractivity contribution in [2.45, 2.75) is 39.0 Å². The molecular formula is C12H21NO. The van der Waals surface area contributed by atoms with E-state index >= 15 is 0 Å². The molecule has 2 aliphatic rings. The predicted molar refractivity (Wildman–Crippen MR) is 57.2 cm³/mol. The van der Waals surface area contributed by atoms with Crippen molar-refractivity contribution in [3.8, 4) is 0 Å². The van der Waals surface area contributed by atoms with E-state index < -0.39 is 0 Å². The van der Waals surface area contributed by atoms with Gasteiger partial charge in [0, 0.05) is 12.3 Å². The van der Waals surface area contributed by atoms with Gasteiger partial charge in [-0.15, -0.1) is 0 Å². The van der Waals surface area contributed by atoms with E-state index in [4.69, 9.17) is 0 Å². The highest BCUT2D eigenvalue weighted by Crippen LogP contribution is 2.26. The first-order valence-corrected chi connectivity index (χ1v) is 6.01. The molecule has 0 N–H and O–H groups in total. The lowest BCUT2D eigenvalue weighted by atomic mass is 9.81. The molecule has 1 atom stereocenters. The van der Waals surface area contributed by atoms with Crippen LogP contribution in [0, 0.1) is 11.8 Å². The summed E-state index contributed by atoms with van der Waals surface area (Å²) in [7, 11) is 0. The van der Waals surface area contributed by atoms with Crippen molar-refractivity contribution in [1.29, 1.82) is 0 Å². The zero-order chi connectivity index (χ0) is 9.97. The van der Waals surface area contributed by atoms with Crippen molar-refractivity contribution in [3.63, 3.8) is 0 Å². The Morgan fingerprint density at radius 1 is 1.29 bits per heavy atom. The second-order valence-electron chi connectivity index (χ2n) is 5.01. The van der Waals surface area contributed by atoms with E-state index in [-0.39, 0.29) is 0 Å². The van der Waals surface area contributed by atoms with Crippen molar-refractivity contribution in [3.05, 3.63) is 0 Å². The minimum atomic E-state index is 0.425. The molecule has 80 valence electrons. The van der Waals surface area contributed by atoms with Crippen molar-refractivity contribution in [2.75, 3.05) is 19.6 Å². The highest BCUT2D eigenvalue weighted by atomic mass is 16.1. The minimum absolute atomic E-state index is 0.425. The smallest absolute Gasteiger partial charge is 0.136 e. The first kappa shape index (κ1) is 10.2. The summed E-state index contributed by atoms with van der Waals surface area (Å²) in [5, 5.41) is 0. The molecule has 1 saturated carbocycles. The molecule has 0 aromatic rings. The topological polar surface area (TPSA) is 20.3 Å². The fourth-order valence-corrected chi connectivity index (χ4v) is 2.40. The summed E-state index contributed by atoms with van der Waals surface area (Å²) < 4.78 is 0. The Balaban J connectivity index is 1.63. The molecule has 0 aromatic heterocycles. The number of likely N-dealkylation sites (tertiary alicyclic amines) is 1. The SMILES string of the molecule is CC1CCN(CCC2CCC2=O)CC1. The van der Waals surface area contributed by atoms with E-state index in [9.17, 15) is 4.79 Å². The third-order valence-electron chi connectivity index (χ3n) is 3.86. The molecule has 2 rings (SSSR count). The highest BCUT2D eigenvalue weighted by Gasteiger charge is 2.28. The number of carbonyl (C=O) groups excluding carboxylic acids is 1. The Bertz CT molecular complexity index is 206. The van der Waals surface area contributed by atoms with Gasteiger partial charge in [-0.05, 0) is 51.2 Å². The Kier molecular flexibility index (Phi) is 3.22. The highest BCUT2D eigenvalue weighted by molar-refractivity contribution is 5.86. The van der Waals surface area contributed by atoms with E-state index in [0.29, 0.717) is 11.7 Å². The second kappa shape index (κ2) is 4.43. The first-order valence-electron chi connectivity index (χ1n) is 6.01. The fourth-order valence-electron chi connectivity index (χ4n) is 2.40. The minimum Gasteiger partial charge on any atom is -0.303 e. The van der Waals surface area contributed by atoms with Crippen LogP contribution in [0.4, 0.5) is 0 Å². The molecule has 14 heavy (non-hydrogen) atoms. The number of carbonyl (C=O) groups is 1. The monoisotopic (exact) mass is 195 g/mol. The molecule has 2 fully saturated rings. The molecule has 0 aromatic carbocycles. The molecule has 0 spiro atoms. The normalized spacial score (nSPS) is 30.4. The van der Waals surface area contributed by atoms with E-state index in [2.05, 4.69) is 11.8 Å². The van der Waals surface area contributed by atoms with Crippen LogP contribution in [0.25, 0.3) is 0 Å². The summed E-state index contributed by atoms with van der Waals surface area (Å²) in [5.74, 6) is 1.85. The van der Waals surface area contributed by atoms with Gasteiger partial charge in [0.15, 0.2) is 0 Å². The van der Waals surface area contributed by atoms with Gasteiger partial charge in [-0.25, -0.2) is 0 Å². The standard InChI is InChI=1S/C12H21NO/c1-10-4-7-13(8-5-10)9-6-11-2-3-12(11)14/h10-11H,2-9H2,1H3. The lowest BCUT2D eigenvalue weighted by Gasteiger charge is -2.32. The lowest BCUT2D eigenvalue weighted by Crippen LogP contribution is -2.36. The van der Waals surface area contributed by atoms with Gasteiger partial charge in [0.25, 0.3) is 0 Å². The van der Waals surface area contributed by atoms with E-state index in [1.807, 2.05) is 0 Å². The number of hydrogen-bond donors (Lipinski definition) is 0. The van der Waals surface area contributed by atoms with Crippen molar-refractivity contribution < 1.29 is 4.79 Å². The van der Waals surface area contributed by atoms with E-state index in [0.717, 1.165) is 31.7 Å². The van der Waals surface area contributed by atoms with Crippen LogP contribution in [0.2, 0.25) is 0 Å². The third kappa shape index (κ3) is 2.35. The maximum Gasteiger partial charge on any atom is 0.136 e. The van der Waals surface area contributed by atoms with Crippen LogP contribution in [0.3, 0.4) is 0 Å². The zero-order valence-corrected chi connectivity index (χ0v) is 9.17. The molecule has 1 unspecified atom stereocenters. The summed E-state index contributed by atoms with van der Waals surface area (Å²) in [6.45, 7) is 6.00. The van der Waals surface area contributed by atoms with Gasteiger partial charge in [0.2, 0.25) is 0 Å². The van der Waals surface area contributed by atoms with Gasteiger partial charge in [0.1, 0.15) is 5.78 Å². The maximum atomic E-state index is 11.1. The molecule has 1 heterocycles. The van der Waals surface area contributed by atoms with Crippen LogP contribution in [-0.4, -0.2) is 30.3 Å².